The summed E-state index contributed by atoms with van der Waals surface area (Å²) in [4.78, 5) is 3.65. The van der Waals surface area contributed by atoms with Crippen molar-refractivity contribution in [2.75, 3.05) is 0 Å². The Hall–Kier alpha value is -0.990. The summed E-state index contributed by atoms with van der Waals surface area (Å²) in [5, 5.41) is 5.33. The summed E-state index contributed by atoms with van der Waals surface area (Å²) < 4.78 is 35.4. The number of nitrogens with zero attached hydrogens (tertiary/aromatic N) is 2. The van der Waals surface area contributed by atoms with Crippen LogP contribution in [0.3, 0.4) is 0 Å². The first kappa shape index (κ1) is 12.5. The first-order chi connectivity index (χ1) is 7.88. The highest BCUT2D eigenvalue weighted by atomic mass is 79.9. The van der Waals surface area contributed by atoms with Gasteiger partial charge in [-0.05, 0) is 34.1 Å². The van der Waals surface area contributed by atoms with Crippen LogP contribution < -0.4 is 0 Å². The molecule has 1 aromatic heterocycles. The van der Waals surface area contributed by atoms with Gasteiger partial charge in [-0.2, -0.15) is 10.1 Å². The molecule has 0 amide bonds. The first-order valence-electron chi connectivity index (χ1n) is 4.20. The summed E-state index contributed by atoms with van der Waals surface area (Å²) in [6.45, 7) is 0. The number of halogens is 3. The van der Waals surface area contributed by atoms with Crippen LogP contribution in [0.25, 0.3) is 11.4 Å². The zero-order valence-corrected chi connectivity index (χ0v) is 11.1. The van der Waals surface area contributed by atoms with Crippen LogP contribution in [0.4, 0.5) is 4.39 Å². The maximum atomic E-state index is 13.2. The topological polar surface area (TPSA) is 75.7 Å². The third-order valence-electron chi connectivity index (χ3n) is 1.87. The maximum Gasteiger partial charge on any atom is 0.296 e. The Morgan fingerprint density at radius 1 is 1.41 bits per heavy atom. The van der Waals surface area contributed by atoms with E-state index in [4.69, 9.17) is 10.7 Å². The Balaban J connectivity index is 2.47. The Bertz CT molecular complexity index is 673. The van der Waals surface area contributed by atoms with Crippen LogP contribution >= 0.6 is 26.6 Å². The zero-order chi connectivity index (χ0) is 12.6. The number of aromatic amines is 1. The molecule has 2 aromatic rings. The molecule has 0 bridgehead atoms. The largest absolute Gasteiger partial charge is 0.296 e. The molecule has 1 N–H and O–H groups in total. The lowest BCUT2D eigenvalue weighted by molar-refractivity contribution is 0.602. The van der Waals surface area contributed by atoms with E-state index in [2.05, 4.69) is 31.1 Å². The van der Waals surface area contributed by atoms with Gasteiger partial charge in [-0.15, -0.1) is 0 Å². The van der Waals surface area contributed by atoms with E-state index < -0.39 is 20.0 Å². The highest BCUT2D eigenvalue weighted by Gasteiger charge is 2.17. The summed E-state index contributed by atoms with van der Waals surface area (Å²) in [6, 6.07) is 4.19. The molecule has 1 aromatic carbocycles. The van der Waals surface area contributed by atoms with E-state index in [9.17, 15) is 12.8 Å². The second kappa shape index (κ2) is 4.35. The molecule has 1 heterocycles. The minimum Gasteiger partial charge on any atom is -0.248 e. The van der Waals surface area contributed by atoms with Crippen molar-refractivity contribution < 1.29 is 12.8 Å². The average molecular weight is 341 g/mol. The zero-order valence-electron chi connectivity index (χ0n) is 7.99. The Labute approximate surface area is 109 Å². The highest BCUT2D eigenvalue weighted by molar-refractivity contribution is 9.10. The van der Waals surface area contributed by atoms with Crippen molar-refractivity contribution in [3.05, 3.63) is 28.5 Å². The summed E-state index contributed by atoms with van der Waals surface area (Å²) in [7, 11) is 1.10. The summed E-state index contributed by atoms with van der Waals surface area (Å²) in [6.07, 6.45) is 0. The molecule has 5 nitrogen and oxygen atoms in total. The Morgan fingerprint density at radius 3 is 2.65 bits per heavy atom. The van der Waals surface area contributed by atoms with Crippen molar-refractivity contribution in [1.29, 1.82) is 0 Å². The standard InChI is InChI=1S/C8H4BrClFN3O2S/c9-5-2-1-4(3-6(5)11)7-12-8(14-13-7)17(10,15)16/h1-3H,(H,12,13,14). The molecule has 0 radical (unpaired) electrons. The van der Waals surface area contributed by atoms with Crippen LogP contribution in [-0.4, -0.2) is 23.6 Å². The quantitative estimate of drug-likeness (QED) is 0.851. The molecule has 0 saturated heterocycles. The van der Waals surface area contributed by atoms with E-state index in [0.717, 1.165) is 0 Å². The Morgan fingerprint density at radius 2 is 2.12 bits per heavy atom. The third-order valence-corrected chi connectivity index (χ3v) is 3.60. The second-order valence-corrected chi connectivity index (χ2v) is 6.37. The minimum atomic E-state index is -3.97. The van der Waals surface area contributed by atoms with Crippen molar-refractivity contribution >= 4 is 35.7 Å². The van der Waals surface area contributed by atoms with Gasteiger partial charge in [0, 0.05) is 16.2 Å². The molecule has 9 heteroatoms. The predicted octanol–water partition coefficient (Wildman–Crippen LogP) is 2.30. The van der Waals surface area contributed by atoms with Gasteiger partial charge in [0.1, 0.15) is 5.82 Å². The molecular formula is C8H4BrClFN3O2S. The number of hydrogen-bond donors (Lipinski definition) is 1. The highest BCUT2D eigenvalue weighted by Crippen LogP contribution is 2.23. The molecule has 0 saturated carbocycles. The van der Waals surface area contributed by atoms with Gasteiger partial charge < -0.3 is 0 Å². The van der Waals surface area contributed by atoms with E-state index in [1.165, 1.54) is 12.1 Å². The molecule has 0 aliphatic carbocycles. The molecule has 17 heavy (non-hydrogen) atoms. The fraction of sp³-hybridized carbons (Fsp3) is 0. The van der Waals surface area contributed by atoms with Gasteiger partial charge in [-0.3, -0.25) is 0 Å². The van der Waals surface area contributed by atoms with Gasteiger partial charge in [0.05, 0.1) is 4.47 Å². The molecule has 0 unspecified atom stereocenters. The van der Waals surface area contributed by atoms with Crippen LogP contribution in [0, 0.1) is 5.82 Å². The van der Waals surface area contributed by atoms with E-state index in [-0.39, 0.29) is 5.82 Å². The lowest BCUT2D eigenvalue weighted by Gasteiger charge is -1.96. The van der Waals surface area contributed by atoms with E-state index in [0.29, 0.717) is 10.0 Å². The summed E-state index contributed by atoms with van der Waals surface area (Å²) in [5.41, 5.74) is 0.341. The number of hydrogen-bond acceptors (Lipinski definition) is 4. The fourth-order valence-corrected chi connectivity index (χ4v) is 1.92. The first-order valence-corrected chi connectivity index (χ1v) is 7.30. The molecule has 2 rings (SSSR count). The maximum absolute atomic E-state index is 13.2. The number of rotatable bonds is 2. The van der Waals surface area contributed by atoms with Gasteiger partial charge in [0.15, 0.2) is 5.82 Å². The van der Waals surface area contributed by atoms with Gasteiger partial charge in [-0.1, -0.05) is 0 Å². The van der Waals surface area contributed by atoms with Gasteiger partial charge in [0.2, 0.25) is 0 Å². The molecule has 90 valence electrons. The van der Waals surface area contributed by atoms with E-state index in [1.807, 2.05) is 0 Å². The number of aromatic nitrogens is 3. The molecule has 0 aliphatic heterocycles. The van der Waals surface area contributed by atoms with Crippen molar-refractivity contribution in [3.8, 4) is 11.4 Å². The lowest BCUT2D eigenvalue weighted by Crippen LogP contribution is -1.92. The SMILES string of the molecule is O=S(=O)(Cl)c1nc(-c2ccc(Br)c(F)c2)n[nH]1. The third kappa shape index (κ3) is 2.64. The molecule has 0 atom stereocenters. The molecule has 0 aliphatic rings. The summed E-state index contributed by atoms with van der Waals surface area (Å²) >= 11 is 3.00. The van der Waals surface area contributed by atoms with Crippen LogP contribution in [-0.2, 0) is 9.05 Å². The van der Waals surface area contributed by atoms with Crippen LogP contribution in [0.2, 0.25) is 0 Å². The lowest BCUT2D eigenvalue weighted by atomic mass is 10.2. The van der Waals surface area contributed by atoms with Crippen molar-refractivity contribution in [2.24, 2.45) is 0 Å². The molecule has 0 fully saturated rings. The second-order valence-electron chi connectivity index (χ2n) is 3.03. The van der Waals surface area contributed by atoms with Gasteiger partial charge >= 0.3 is 0 Å². The minimum absolute atomic E-state index is 0.0515. The number of benzene rings is 1. The van der Waals surface area contributed by atoms with Crippen molar-refractivity contribution in [2.45, 2.75) is 5.16 Å². The molecule has 0 spiro atoms. The van der Waals surface area contributed by atoms with Crippen molar-refractivity contribution in [1.82, 2.24) is 15.2 Å². The number of H-pyrrole nitrogens is 1. The average Bonchev–Trinajstić information content (AvgIpc) is 2.70. The summed E-state index contributed by atoms with van der Waals surface area (Å²) in [5.74, 6) is -0.446. The van der Waals surface area contributed by atoms with Gasteiger partial charge in [0.25, 0.3) is 14.2 Å². The smallest absolute Gasteiger partial charge is 0.248 e. The van der Waals surface area contributed by atoms with Crippen molar-refractivity contribution in [3.63, 3.8) is 0 Å². The van der Waals surface area contributed by atoms with Crippen LogP contribution in [0.5, 0.6) is 0 Å². The number of nitrogens with one attached hydrogen (secondary N) is 1. The normalized spacial score (nSPS) is 11.7. The van der Waals surface area contributed by atoms with Gasteiger partial charge in [-0.25, -0.2) is 17.9 Å². The van der Waals surface area contributed by atoms with Crippen LogP contribution in [0.15, 0.2) is 27.8 Å². The predicted molar refractivity (Wildman–Crippen MR) is 62.5 cm³/mol. The monoisotopic (exact) mass is 339 g/mol. The van der Waals surface area contributed by atoms with E-state index in [1.54, 1.807) is 6.07 Å². The van der Waals surface area contributed by atoms with Crippen LogP contribution in [0.1, 0.15) is 0 Å². The Kier molecular flexibility index (Phi) is 3.19. The fourth-order valence-electron chi connectivity index (χ4n) is 1.12. The van der Waals surface area contributed by atoms with E-state index >= 15 is 0 Å². The molecular weight excluding hydrogens is 337 g/mol.